The number of rotatable bonds is 5. The van der Waals surface area contributed by atoms with Gasteiger partial charge < -0.3 is 15.2 Å². The zero-order chi connectivity index (χ0) is 25.4. The number of hydrogen-bond acceptors (Lipinski definition) is 7. The summed E-state index contributed by atoms with van der Waals surface area (Å²) in [6, 6.07) is 18.4. The molecule has 1 fully saturated rings. The maximum atomic E-state index is 13.0. The number of carbonyl (C=O) groups excluding carboxylic acids is 1. The number of anilines is 1. The molecule has 0 aliphatic carbocycles. The number of aromatic hydroxyl groups is 1. The van der Waals surface area contributed by atoms with Gasteiger partial charge in [0.1, 0.15) is 10.8 Å². The van der Waals surface area contributed by atoms with Crippen molar-refractivity contribution in [1.82, 2.24) is 9.29 Å². The number of morpholine rings is 1. The third-order valence-corrected chi connectivity index (χ3v) is 8.84. The zero-order valence-corrected chi connectivity index (χ0v) is 21.3. The number of phenolic OH excluding ortho intramolecular Hbond substituents is 1. The number of carbonyl (C=O) groups is 1. The van der Waals surface area contributed by atoms with Gasteiger partial charge in [-0.2, -0.15) is 4.31 Å². The van der Waals surface area contributed by atoms with Gasteiger partial charge in [-0.3, -0.25) is 4.79 Å². The summed E-state index contributed by atoms with van der Waals surface area (Å²) in [6.45, 7) is 4.25. The van der Waals surface area contributed by atoms with E-state index in [-0.39, 0.29) is 35.9 Å². The van der Waals surface area contributed by atoms with E-state index in [2.05, 4.69) is 10.3 Å². The predicted molar refractivity (Wildman–Crippen MR) is 140 cm³/mol. The van der Waals surface area contributed by atoms with Crippen molar-refractivity contribution in [3.05, 3.63) is 72.3 Å². The normalized spacial score (nSPS) is 18.8. The van der Waals surface area contributed by atoms with Crippen LogP contribution in [0.15, 0.2) is 71.6 Å². The molecule has 4 aromatic rings. The van der Waals surface area contributed by atoms with E-state index in [1.807, 2.05) is 38.1 Å². The number of nitrogens with zero attached hydrogens (tertiary/aromatic N) is 2. The number of benzene rings is 3. The summed E-state index contributed by atoms with van der Waals surface area (Å²) in [7, 11) is -3.69. The first-order chi connectivity index (χ1) is 17.2. The van der Waals surface area contributed by atoms with Crippen LogP contribution < -0.4 is 5.32 Å². The molecule has 0 bridgehead atoms. The summed E-state index contributed by atoms with van der Waals surface area (Å²) in [5, 5.41) is 14.0. The summed E-state index contributed by atoms with van der Waals surface area (Å²) in [4.78, 5) is 17.5. The van der Waals surface area contributed by atoms with Gasteiger partial charge in [0, 0.05) is 30.4 Å². The lowest BCUT2D eigenvalue weighted by atomic mass is 10.1. The Labute approximate surface area is 213 Å². The maximum Gasteiger partial charge on any atom is 0.255 e. The number of ether oxygens (including phenoxy) is 1. The van der Waals surface area contributed by atoms with Gasteiger partial charge in [-0.05, 0) is 62.4 Å². The highest BCUT2D eigenvalue weighted by Gasteiger charge is 2.32. The van der Waals surface area contributed by atoms with E-state index in [1.54, 1.807) is 12.1 Å². The van der Waals surface area contributed by atoms with Gasteiger partial charge in [-0.1, -0.05) is 12.1 Å². The van der Waals surface area contributed by atoms with Crippen LogP contribution in [0.25, 0.3) is 20.8 Å². The molecule has 2 N–H and O–H groups in total. The number of nitrogens with one attached hydrogen (secondary N) is 1. The summed E-state index contributed by atoms with van der Waals surface area (Å²) in [5.74, 6) is -0.415. The van der Waals surface area contributed by atoms with Gasteiger partial charge in [0.25, 0.3) is 5.91 Å². The molecule has 1 aromatic heterocycles. The van der Waals surface area contributed by atoms with Crippen LogP contribution in [0.5, 0.6) is 5.75 Å². The molecule has 3 aromatic carbocycles. The van der Waals surface area contributed by atoms with Crippen molar-refractivity contribution in [2.75, 3.05) is 18.4 Å². The molecule has 1 aliphatic rings. The molecule has 8 nitrogen and oxygen atoms in total. The number of amides is 1. The van der Waals surface area contributed by atoms with Crippen LogP contribution in [0.2, 0.25) is 0 Å². The number of aromatic nitrogens is 1. The highest BCUT2D eigenvalue weighted by Crippen LogP contribution is 2.36. The number of fused-ring (bicyclic) bond motifs is 1. The molecule has 0 spiro atoms. The summed E-state index contributed by atoms with van der Waals surface area (Å²) < 4.78 is 34.1. The number of phenols is 1. The SMILES string of the molecule is CC1CN(S(=O)(=O)c2ccc(C(=O)Nc3ccc(-c4nc5ccccc5s4)c(O)c3)cc2)CC(C)O1. The largest absolute Gasteiger partial charge is 0.507 e. The van der Waals surface area contributed by atoms with Crippen molar-refractivity contribution in [2.24, 2.45) is 0 Å². The Morgan fingerprint density at radius 3 is 2.42 bits per heavy atom. The second kappa shape index (κ2) is 9.62. The average molecular weight is 524 g/mol. The minimum absolute atomic E-state index is 0.00210. The number of hydrogen-bond donors (Lipinski definition) is 2. The molecule has 2 heterocycles. The molecule has 10 heteroatoms. The van der Waals surface area contributed by atoms with Gasteiger partial charge in [-0.25, -0.2) is 13.4 Å². The van der Waals surface area contributed by atoms with Gasteiger partial charge in [0.15, 0.2) is 0 Å². The first-order valence-electron chi connectivity index (χ1n) is 11.5. The fourth-order valence-corrected chi connectivity index (χ4v) is 6.83. The Kier molecular flexibility index (Phi) is 6.52. The molecule has 0 radical (unpaired) electrons. The van der Waals surface area contributed by atoms with E-state index in [1.165, 1.54) is 46.0 Å². The smallest absolute Gasteiger partial charge is 0.255 e. The number of para-hydroxylation sites is 1. The first kappa shape index (κ1) is 24.4. The van der Waals surface area contributed by atoms with Crippen LogP contribution in [-0.4, -0.2) is 54.0 Å². The van der Waals surface area contributed by atoms with Crippen LogP contribution in [0.1, 0.15) is 24.2 Å². The molecule has 1 amide bonds. The average Bonchev–Trinajstić information content (AvgIpc) is 3.27. The zero-order valence-electron chi connectivity index (χ0n) is 19.7. The van der Waals surface area contributed by atoms with Crippen LogP contribution in [0, 0.1) is 0 Å². The molecule has 0 saturated carbocycles. The van der Waals surface area contributed by atoms with E-state index in [4.69, 9.17) is 4.74 Å². The van der Waals surface area contributed by atoms with Gasteiger partial charge >= 0.3 is 0 Å². The molecular weight excluding hydrogens is 498 g/mol. The van der Waals surface area contributed by atoms with Crippen LogP contribution in [0.4, 0.5) is 5.69 Å². The van der Waals surface area contributed by atoms with Crippen molar-refractivity contribution in [1.29, 1.82) is 0 Å². The Morgan fingerprint density at radius 2 is 1.75 bits per heavy atom. The van der Waals surface area contributed by atoms with Crippen molar-refractivity contribution in [3.63, 3.8) is 0 Å². The van der Waals surface area contributed by atoms with Crippen molar-refractivity contribution in [2.45, 2.75) is 31.0 Å². The van der Waals surface area contributed by atoms with E-state index in [0.717, 1.165) is 10.2 Å². The summed E-state index contributed by atoms with van der Waals surface area (Å²) >= 11 is 1.48. The molecule has 36 heavy (non-hydrogen) atoms. The van der Waals surface area contributed by atoms with Crippen molar-refractivity contribution < 1.29 is 23.1 Å². The van der Waals surface area contributed by atoms with E-state index in [0.29, 0.717) is 21.8 Å². The molecule has 1 saturated heterocycles. The fraction of sp³-hybridized carbons (Fsp3) is 0.231. The standard InChI is InChI=1S/C26H25N3O5S2/c1-16-14-29(15-17(2)34-16)36(32,33)20-10-7-18(8-11-20)25(31)27-19-9-12-21(23(30)13-19)26-28-22-5-3-4-6-24(22)35-26/h3-13,16-17,30H,14-15H2,1-2H3,(H,27,31). The lowest BCUT2D eigenvalue weighted by Crippen LogP contribution is -2.48. The summed E-state index contributed by atoms with van der Waals surface area (Å²) in [5.41, 5.74) is 2.15. The molecule has 186 valence electrons. The fourth-order valence-electron chi connectivity index (χ4n) is 4.24. The number of sulfonamides is 1. The predicted octanol–water partition coefficient (Wildman–Crippen LogP) is 4.72. The first-order valence-corrected chi connectivity index (χ1v) is 13.7. The van der Waals surface area contributed by atoms with Gasteiger partial charge in [0.05, 0.1) is 32.9 Å². The monoisotopic (exact) mass is 523 g/mol. The third-order valence-electron chi connectivity index (χ3n) is 5.92. The second-order valence-corrected chi connectivity index (χ2v) is 11.7. The molecule has 5 rings (SSSR count). The molecular formula is C26H25N3O5S2. The molecule has 2 unspecified atom stereocenters. The van der Waals surface area contributed by atoms with Crippen molar-refractivity contribution >= 4 is 43.2 Å². The van der Waals surface area contributed by atoms with Gasteiger partial charge in [-0.15, -0.1) is 11.3 Å². The minimum Gasteiger partial charge on any atom is -0.507 e. The topological polar surface area (TPSA) is 109 Å². The molecule has 2 atom stereocenters. The van der Waals surface area contributed by atoms with Crippen LogP contribution in [-0.2, 0) is 14.8 Å². The second-order valence-electron chi connectivity index (χ2n) is 8.78. The Hall–Kier alpha value is -3.31. The lowest BCUT2D eigenvalue weighted by molar-refractivity contribution is -0.0440. The van der Waals surface area contributed by atoms with Crippen molar-refractivity contribution in [3.8, 4) is 16.3 Å². The lowest BCUT2D eigenvalue weighted by Gasteiger charge is -2.34. The third kappa shape index (κ3) is 4.85. The number of thiazole rings is 1. The van der Waals surface area contributed by atoms with E-state index >= 15 is 0 Å². The maximum absolute atomic E-state index is 13.0. The summed E-state index contributed by atoms with van der Waals surface area (Å²) in [6.07, 6.45) is -0.378. The van der Waals surface area contributed by atoms with Gasteiger partial charge in [0.2, 0.25) is 10.0 Å². The minimum atomic E-state index is -3.69. The quantitative estimate of drug-likeness (QED) is 0.392. The molecule has 1 aliphatic heterocycles. The van der Waals surface area contributed by atoms with E-state index < -0.39 is 15.9 Å². The highest BCUT2D eigenvalue weighted by atomic mass is 32.2. The Bertz CT molecular complexity index is 1490. The van der Waals surface area contributed by atoms with Crippen LogP contribution >= 0.6 is 11.3 Å². The van der Waals surface area contributed by atoms with Crippen LogP contribution in [0.3, 0.4) is 0 Å². The highest BCUT2D eigenvalue weighted by molar-refractivity contribution is 7.89. The Morgan fingerprint density at radius 1 is 1.06 bits per heavy atom. The van der Waals surface area contributed by atoms with E-state index in [9.17, 15) is 18.3 Å². The Balaban J connectivity index is 1.30.